The van der Waals surface area contributed by atoms with Crippen molar-refractivity contribution >= 4 is 17.8 Å². The zero-order valence-corrected chi connectivity index (χ0v) is 20.7. The highest BCUT2D eigenvalue weighted by Crippen LogP contribution is 2.14. The van der Waals surface area contributed by atoms with Gasteiger partial charge in [-0.1, -0.05) is 116 Å². The molecule has 0 aliphatic rings. The second-order valence-electron chi connectivity index (χ2n) is 9.22. The summed E-state index contributed by atoms with van der Waals surface area (Å²) in [6, 6.07) is -1.04. The lowest BCUT2D eigenvalue weighted by Crippen LogP contribution is -2.41. The van der Waals surface area contributed by atoms with Crippen LogP contribution in [0.3, 0.4) is 0 Å². The lowest BCUT2D eigenvalue weighted by atomic mass is 10.0. The number of nitrogens with two attached hydrogens (primary N) is 1. The number of hydrogen-bond acceptors (Lipinski definition) is 3. The molecule has 0 spiro atoms. The Morgan fingerprint density at radius 2 is 1.03 bits per heavy atom. The van der Waals surface area contributed by atoms with E-state index in [1.807, 2.05) is 0 Å². The number of amides is 2. The van der Waals surface area contributed by atoms with Gasteiger partial charge in [0.25, 0.3) is 0 Å². The van der Waals surface area contributed by atoms with Gasteiger partial charge in [-0.3, -0.25) is 9.59 Å². The van der Waals surface area contributed by atoms with E-state index in [4.69, 9.17) is 10.8 Å². The average molecular weight is 455 g/mol. The fourth-order valence-corrected chi connectivity index (χ4v) is 4.00. The molecule has 0 bridgehead atoms. The van der Waals surface area contributed by atoms with Gasteiger partial charge >= 0.3 is 5.97 Å². The molecule has 0 aromatic carbocycles. The predicted molar refractivity (Wildman–Crippen MR) is 131 cm³/mol. The number of aliphatic carboxylic acids is 1. The normalized spacial score (nSPS) is 11.9. The molecule has 0 radical (unpaired) electrons. The van der Waals surface area contributed by atoms with Crippen LogP contribution in [0, 0.1) is 0 Å². The van der Waals surface area contributed by atoms with E-state index in [1.54, 1.807) is 0 Å². The zero-order chi connectivity index (χ0) is 23.9. The first-order valence-electron chi connectivity index (χ1n) is 13.3. The Hall–Kier alpha value is -1.59. The number of carbonyl (C=O) groups excluding carboxylic acids is 2. The number of primary amides is 1. The average Bonchev–Trinajstić information content (AvgIpc) is 2.75. The van der Waals surface area contributed by atoms with Crippen LogP contribution in [-0.2, 0) is 14.4 Å². The summed E-state index contributed by atoms with van der Waals surface area (Å²) in [4.78, 5) is 33.8. The molecule has 4 N–H and O–H groups in total. The maximum Gasteiger partial charge on any atom is 0.326 e. The summed E-state index contributed by atoms with van der Waals surface area (Å²) in [5.74, 6) is -1.95. The van der Waals surface area contributed by atoms with E-state index in [2.05, 4.69) is 12.2 Å². The van der Waals surface area contributed by atoms with E-state index in [0.29, 0.717) is 6.42 Å². The van der Waals surface area contributed by atoms with Gasteiger partial charge in [0.05, 0.1) is 0 Å². The van der Waals surface area contributed by atoms with Crippen LogP contribution < -0.4 is 11.1 Å². The number of rotatable bonds is 24. The van der Waals surface area contributed by atoms with Crippen LogP contribution in [0.15, 0.2) is 0 Å². The van der Waals surface area contributed by atoms with Crippen LogP contribution in [0.25, 0.3) is 0 Å². The molecule has 0 saturated carbocycles. The highest BCUT2D eigenvalue weighted by atomic mass is 16.4. The third-order valence-corrected chi connectivity index (χ3v) is 6.07. The van der Waals surface area contributed by atoms with Crippen molar-refractivity contribution in [1.29, 1.82) is 0 Å². The minimum atomic E-state index is -1.13. The van der Waals surface area contributed by atoms with Gasteiger partial charge in [0, 0.05) is 12.8 Å². The summed E-state index contributed by atoms with van der Waals surface area (Å²) in [5.41, 5.74) is 5.04. The Balaban J connectivity index is 3.38. The molecular formula is C26H50N2O4. The number of carbonyl (C=O) groups is 3. The topological polar surface area (TPSA) is 109 Å². The molecule has 6 heteroatoms. The molecule has 6 nitrogen and oxygen atoms in total. The lowest BCUT2D eigenvalue weighted by molar-refractivity contribution is -0.142. The van der Waals surface area contributed by atoms with E-state index in [1.165, 1.54) is 96.3 Å². The van der Waals surface area contributed by atoms with Crippen molar-refractivity contribution in [3.05, 3.63) is 0 Å². The first-order chi connectivity index (χ1) is 15.5. The Morgan fingerprint density at radius 1 is 0.656 bits per heavy atom. The van der Waals surface area contributed by atoms with Gasteiger partial charge in [-0.25, -0.2) is 4.79 Å². The number of carboxylic acids is 1. The van der Waals surface area contributed by atoms with Gasteiger partial charge in [0.15, 0.2) is 0 Å². The van der Waals surface area contributed by atoms with Crippen molar-refractivity contribution in [3.8, 4) is 0 Å². The number of carboxylic acid groups (broad SMARTS) is 1. The van der Waals surface area contributed by atoms with Crippen LogP contribution in [0.5, 0.6) is 0 Å². The summed E-state index contributed by atoms with van der Waals surface area (Å²) in [5, 5.41) is 11.6. The molecule has 0 fully saturated rings. The molecule has 0 heterocycles. The number of hydrogen-bond donors (Lipinski definition) is 3. The van der Waals surface area contributed by atoms with E-state index in [-0.39, 0.29) is 18.7 Å². The smallest absolute Gasteiger partial charge is 0.326 e. The van der Waals surface area contributed by atoms with Crippen LogP contribution in [0.2, 0.25) is 0 Å². The van der Waals surface area contributed by atoms with Crippen LogP contribution in [0.1, 0.15) is 142 Å². The van der Waals surface area contributed by atoms with E-state index >= 15 is 0 Å². The monoisotopic (exact) mass is 454 g/mol. The van der Waals surface area contributed by atoms with Gasteiger partial charge in [-0.2, -0.15) is 0 Å². The zero-order valence-electron chi connectivity index (χ0n) is 20.7. The Kier molecular flexibility index (Phi) is 21.5. The quantitative estimate of drug-likeness (QED) is 0.150. The minimum Gasteiger partial charge on any atom is -0.480 e. The molecule has 2 amide bonds. The van der Waals surface area contributed by atoms with Gasteiger partial charge in [0.2, 0.25) is 11.8 Å². The third kappa shape index (κ3) is 21.6. The SMILES string of the molecule is CCCCCCCCCCCCCCCCCCCCC(=O)N[C@@H](CCC(N)=O)C(=O)O. The predicted octanol–water partition coefficient (Wildman–Crippen LogP) is 6.25. The van der Waals surface area contributed by atoms with Crippen molar-refractivity contribution in [2.75, 3.05) is 0 Å². The largest absolute Gasteiger partial charge is 0.480 e. The van der Waals surface area contributed by atoms with E-state index in [9.17, 15) is 14.4 Å². The van der Waals surface area contributed by atoms with E-state index < -0.39 is 17.9 Å². The molecule has 1 atom stereocenters. The van der Waals surface area contributed by atoms with Crippen molar-refractivity contribution in [2.24, 2.45) is 5.73 Å². The maximum absolute atomic E-state index is 11.9. The molecule has 0 aromatic rings. The van der Waals surface area contributed by atoms with E-state index in [0.717, 1.165) is 19.3 Å². The van der Waals surface area contributed by atoms with Gasteiger partial charge in [-0.05, 0) is 12.8 Å². The minimum absolute atomic E-state index is 0.0372. The van der Waals surface area contributed by atoms with Gasteiger partial charge < -0.3 is 16.2 Å². The van der Waals surface area contributed by atoms with Gasteiger partial charge in [0.1, 0.15) is 6.04 Å². The van der Waals surface area contributed by atoms with Crippen molar-refractivity contribution < 1.29 is 19.5 Å². The van der Waals surface area contributed by atoms with Crippen LogP contribution in [0.4, 0.5) is 0 Å². The summed E-state index contributed by atoms with van der Waals surface area (Å²) in [6.07, 6.45) is 23.7. The second-order valence-corrected chi connectivity index (χ2v) is 9.22. The van der Waals surface area contributed by atoms with Gasteiger partial charge in [-0.15, -0.1) is 0 Å². The fraction of sp³-hybridized carbons (Fsp3) is 0.885. The second kappa shape index (κ2) is 22.6. The highest BCUT2D eigenvalue weighted by molar-refractivity contribution is 5.84. The molecule has 32 heavy (non-hydrogen) atoms. The molecular weight excluding hydrogens is 404 g/mol. The molecule has 0 aromatic heterocycles. The van der Waals surface area contributed by atoms with Crippen LogP contribution in [-0.4, -0.2) is 28.9 Å². The summed E-state index contributed by atoms with van der Waals surface area (Å²) >= 11 is 0. The summed E-state index contributed by atoms with van der Waals surface area (Å²) in [6.45, 7) is 2.27. The standard InChI is InChI=1S/C26H50N2O4/c1-2-3-4-5-6-7-8-9-10-11-12-13-14-15-16-17-18-19-20-25(30)28-23(26(31)32)21-22-24(27)29/h23H,2-22H2,1H3,(H2,27,29)(H,28,30)(H,31,32)/t23-/m0/s1. The molecule has 188 valence electrons. The molecule has 0 unspecified atom stereocenters. The molecule has 0 saturated heterocycles. The van der Waals surface area contributed by atoms with Crippen molar-refractivity contribution in [3.63, 3.8) is 0 Å². The lowest BCUT2D eigenvalue weighted by Gasteiger charge is -2.13. The number of nitrogens with one attached hydrogen (secondary N) is 1. The van der Waals surface area contributed by atoms with Crippen LogP contribution >= 0.6 is 0 Å². The Morgan fingerprint density at radius 3 is 1.38 bits per heavy atom. The Labute approximate surface area is 196 Å². The third-order valence-electron chi connectivity index (χ3n) is 6.07. The fourth-order valence-electron chi connectivity index (χ4n) is 4.00. The Bertz CT molecular complexity index is 482. The molecule has 0 rings (SSSR count). The van der Waals surface area contributed by atoms with Crippen molar-refractivity contribution in [2.45, 2.75) is 148 Å². The summed E-state index contributed by atoms with van der Waals surface area (Å²) in [7, 11) is 0. The first-order valence-corrected chi connectivity index (χ1v) is 13.3. The molecule has 0 aliphatic heterocycles. The first kappa shape index (κ1) is 30.4. The highest BCUT2D eigenvalue weighted by Gasteiger charge is 2.20. The van der Waals surface area contributed by atoms with Crippen molar-refractivity contribution in [1.82, 2.24) is 5.32 Å². The summed E-state index contributed by atoms with van der Waals surface area (Å²) < 4.78 is 0. The molecule has 0 aliphatic carbocycles. The number of unbranched alkanes of at least 4 members (excludes halogenated alkanes) is 17. The maximum atomic E-state index is 11.9.